The van der Waals surface area contributed by atoms with Gasteiger partial charge in [0.1, 0.15) is 5.82 Å². The number of anilines is 1. The minimum atomic E-state index is -4.55. The summed E-state index contributed by atoms with van der Waals surface area (Å²) in [7, 11) is 0. The lowest BCUT2D eigenvalue weighted by Crippen LogP contribution is -2.24. The molecule has 0 unspecified atom stereocenters. The number of carbonyl (C=O) groups excluding carboxylic acids is 1. The fourth-order valence-electron chi connectivity index (χ4n) is 3.02. The van der Waals surface area contributed by atoms with E-state index in [0.29, 0.717) is 31.0 Å². The van der Waals surface area contributed by atoms with Crippen LogP contribution in [-0.4, -0.2) is 33.9 Å². The van der Waals surface area contributed by atoms with Crippen molar-refractivity contribution in [2.45, 2.75) is 37.5 Å². The maximum absolute atomic E-state index is 13.3. The quantitative estimate of drug-likeness (QED) is 0.349. The lowest BCUT2D eigenvalue weighted by atomic mass is 10.1. The van der Waals surface area contributed by atoms with Crippen molar-refractivity contribution < 1.29 is 18.0 Å². The van der Waals surface area contributed by atoms with E-state index < -0.39 is 11.9 Å². The lowest BCUT2D eigenvalue weighted by molar-refractivity contribution is -0.141. The summed E-state index contributed by atoms with van der Waals surface area (Å²) in [5.41, 5.74) is 1.33. The fraction of sp³-hybridized carbons (Fsp3) is 0.304. The molecule has 0 fully saturated rings. The molecule has 0 aliphatic rings. The molecule has 3 rings (SSSR count). The maximum Gasteiger partial charge on any atom is 0.433 e. The number of rotatable bonds is 9. The number of carbonyl (C=O) groups is 1. The molecule has 33 heavy (non-hydrogen) atoms. The van der Waals surface area contributed by atoms with E-state index in [9.17, 15) is 18.0 Å². The van der Waals surface area contributed by atoms with E-state index in [1.807, 2.05) is 26.0 Å². The summed E-state index contributed by atoms with van der Waals surface area (Å²) in [6.07, 6.45) is -1.23. The van der Waals surface area contributed by atoms with Crippen molar-refractivity contribution in [3.63, 3.8) is 0 Å². The molecule has 2 aromatic heterocycles. The van der Waals surface area contributed by atoms with Crippen molar-refractivity contribution in [1.29, 1.82) is 0 Å². The number of halogens is 3. The van der Waals surface area contributed by atoms with Gasteiger partial charge >= 0.3 is 6.18 Å². The molecule has 1 aromatic carbocycles. The first-order valence-electron chi connectivity index (χ1n) is 10.4. The SMILES string of the molecule is CCN(CC)c1cc(C(F)(F)F)nc(SCc2ccc(C(=O)NCc3ccncc3)cc2)n1. The van der Waals surface area contributed by atoms with Crippen LogP contribution in [0.4, 0.5) is 19.0 Å². The fourth-order valence-corrected chi connectivity index (χ4v) is 3.83. The Bertz CT molecular complexity index is 1060. The first-order valence-corrected chi connectivity index (χ1v) is 11.4. The normalized spacial score (nSPS) is 11.3. The monoisotopic (exact) mass is 475 g/mol. The van der Waals surface area contributed by atoms with Crippen LogP contribution in [0.5, 0.6) is 0 Å². The standard InChI is InChI=1S/C23H24F3N5OS/c1-3-31(4-2)20-13-19(23(24,25)26)29-22(30-20)33-15-17-5-7-18(8-6-17)21(32)28-14-16-9-11-27-12-10-16/h5-13H,3-4,14-15H2,1-2H3,(H,28,32). The van der Waals surface area contributed by atoms with Gasteiger partial charge in [0.05, 0.1) is 0 Å². The van der Waals surface area contributed by atoms with Crippen LogP contribution in [0.3, 0.4) is 0 Å². The van der Waals surface area contributed by atoms with Gasteiger partial charge in [0.25, 0.3) is 5.91 Å². The third-order valence-corrected chi connectivity index (χ3v) is 5.77. The number of pyridine rings is 1. The molecule has 0 saturated carbocycles. The second-order valence-electron chi connectivity index (χ2n) is 7.09. The molecule has 0 radical (unpaired) electrons. The summed E-state index contributed by atoms with van der Waals surface area (Å²) in [6.45, 7) is 5.20. The van der Waals surface area contributed by atoms with Crippen LogP contribution in [0.15, 0.2) is 60.0 Å². The highest BCUT2D eigenvalue weighted by molar-refractivity contribution is 7.98. The van der Waals surface area contributed by atoms with E-state index in [-0.39, 0.29) is 16.9 Å². The molecular weight excluding hydrogens is 451 g/mol. The predicted octanol–water partition coefficient (Wildman–Crippen LogP) is 4.96. The molecule has 2 heterocycles. The van der Waals surface area contributed by atoms with Gasteiger partial charge in [-0.05, 0) is 49.2 Å². The van der Waals surface area contributed by atoms with Crippen LogP contribution < -0.4 is 10.2 Å². The predicted molar refractivity (Wildman–Crippen MR) is 122 cm³/mol. The topological polar surface area (TPSA) is 71.0 Å². The number of hydrogen-bond acceptors (Lipinski definition) is 6. The Hall–Kier alpha value is -3.14. The van der Waals surface area contributed by atoms with Crippen LogP contribution >= 0.6 is 11.8 Å². The number of hydrogen-bond donors (Lipinski definition) is 1. The second-order valence-corrected chi connectivity index (χ2v) is 8.03. The van der Waals surface area contributed by atoms with Gasteiger partial charge in [0.2, 0.25) is 0 Å². The highest BCUT2D eigenvalue weighted by Gasteiger charge is 2.34. The summed E-state index contributed by atoms with van der Waals surface area (Å²) in [4.78, 5) is 26.0. The van der Waals surface area contributed by atoms with Gasteiger partial charge in [0, 0.05) is 49.4 Å². The Morgan fingerprint density at radius 1 is 1.00 bits per heavy atom. The van der Waals surface area contributed by atoms with Crippen molar-refractivity contribution in [3.8, 4) is 0 Å². The molecule has 10 heteroatoms. The number of thioether (sulfide) groups is 1. The van der Waals surface area contributed by atoms with Gasteiger partial charge in [-0.15, -0.1) is 0 Å². The number of benzene rings is 1. The maximum atomic E-state index is 13.3. The van der Waals surface area contributed by atoms with E-state index in [0.717, 1.165) is 29.0 Å². The Morgan fingerprint density at radius 2 is 1.67 bits per heavy atom. The third-order valence-electron chi connectivity index (χ3n) is 4.86. The molecule has 0 aliphatic carbocycles. The van der Waals surface area contributed by atoms with Gasteiger partial charge in [-0.1, -0.05) is 23.9 Å². The average molecular weight is 476 g/mol. The molecule has 3 aromatic rings. The van der Waals surface area contributed by atoms with Crippen LogP contribution in [0.2, 0.25) is 0 Å². The van der Waals surface area contributed by atoms with E-state index in [1.54, 1.807) is 41.6 Å². The summed E-state index contributed by atoms with van der Waals surface area (Å²) < 4.78 is 39.9. The first kappa shape index (κ1) is 24.5. The molecule has 174 valence electrons. The van der Waals surface area contributed by atoms with Crippen molar-refractivity contribution >= 4 is 23.5 Å². The molecule has 6 nitrogen and oxygen atoms in total. The van der Waals surface area contributed by atoms with Gasteiger partial charge in [-0.25, -0.2) is 9.97 Å². The molecule has 0 aliphatic heterocycles. The molecule has 1 amide bonds. The van der Waals surface area contributed by atoms with Gasteiger partial charge in [0.15, 0.2) is 10.9 Å². The minimum absolute atomic E-state index is 0.0610. The van der Waals surface area contributed by atoms with Gasteiger partial charge in [-0.3, -0.25) is 9.78 Å². The van der Waals surface area contributed by atoms with Crippen molar-refractivity contribution in [2.24, 2.45) is 0 Å². The van der Waals surface area contributed by atoms with Crippen LogP contribution in [0.25, 0.3) is 0 Å². The summed E-state index contributed by atoms with van der Waals surface area (Å²) >= 11 is 1.12. The largest absolute Gasteiger partial charge is 0.433 e. The Balaban J connectivity index is 1.65. The molecule has 0 saturated heterocycles. The average Bonchev–Trinajstić information content (AvgIpc) is 2.82. The molecule has 0 atom stereocenters. The third kappa shape index (κ3) is 6.92. The van der Waals surface area contributed by atoms with E-state index in [4.69, 9.17) is 0 Å². The number of nitrogens with one attached hydrogen (secondary N) is 1. The number of amides is 1. The molecule has 0 spiro atoms. The molecular formula is C23H24F3N5OS. The zero-order valence-corrected chi connectivity index (χ0v) is 19.1. The highest BCUT2D eigenvalue weighted by Crippen LogP contribution is 2.32. The number of aromatic nitrogens is 3. The van der Waals surface area contributed by atoms with Crippen LogP contribution in [-0.2, 0) is 18.5 Å². The van der Waals surface area contributed by atoms with Crippen LogP contribution in [0.1, 0.15) is 41.0 Å². The Labute approximate surface area is 194 Å². The van der Waals surface area contributed by atoms with Gasteiger partial charge in [-0.2, -0.15) is 13.2 Å². The summed E-state index contributed by atoms with van der Waals surface area (Å²) in [6, 6.07) is 11.5. The van der Waals surface area contributed by atoms with Crippen molar-refractivity contribution in [2.75, 3.05) is 18.0 Å². The smallest absolute Gasteiger partial charge is 0.357 e. The zero-order chi connectivity index (χ0) is 23.8. The second kappa shape index (κ2) is 11.1. The zero-order valence-electron chi connectivity index (χ0n) is 18.3. The van der Waals surface area contributed by atoms with Gasteiger partial charge < -0.3 is 10.2 Å². The lowest BCUT2D eigenvalue weighted by Gasteiger charge is -2.21. The first-order chi connectivity index (χ1) is 15.8. The van der Waals surface area contributed by atoms with E-state index in [2.05, 4.69) is 20.3 Å². The van der Waals surface area contributed by atoms with Crippen molar-refractivity contribution in [3.05, 3.63) is 77.2 Å². The molecule has 0 bridgehead atoms. The highest BCUT2D eigenvalue weighted by atomic mass is 32.2. The number of nitrogens with zero attached hydrogens (tertiary/aromatic N) is 4. The molecule has 1 N–H and O–H groups in total. The van der Waals surface area contributed by atoms with E-state index >= 15 is 0 Å². The summed E-state index contributed by atoms with van der Waals surface area (Å²) in [5.74, 6) is 0.417. The Morgan fingerprint density at radius 3 is 2.27 bits per heavy atom. The van der Waals surface area contributed by atoms with Crippen LogP contribution in [0, 0.1) is 0 Å². The number of alkyl halides is 3. The van der Waals surface area contributed by atoms with Crippen molar-refractivity contribution in [1.82, 2.24) is 20.3 Å². The minimum Gasteiger partial charge on any atom is -0.357 e. The summed E-state index contributed by atoms with van der Waals surface area (Å²) in [5, 5.41) is 2.90. The van der Waals surface area contributed by atoms with E-state index in [1.165, 1.54) is 0 Å². The Kier molecular flexibility index (Phi) is 8.26.